The van der Waals surface area contributed by atoms with Crippen molar-refractivity contribution in [1.82, 2.24) is 18.7 Å². The van der Waals surface area contributed by atoms with Crippen molar-refractivity contribution in [1.29, 1.82) is 0 Å². The summed E-state index contributed by atoms with van der Waals surface area (Å²) < 4.78 is 9.19. The number of hydrogen-bond acceptors (Lipinski definition) is 7. The maximum Gasteiger partial charge on any atom is 0.332 e. The number of imidazole rings is 1. The Morgan fingerprint density at radius 3 is 2.57 bits per heavy atom. The van der Waals surface area contributed by atoms with Gasteiger partial charge in [-0.3, -0.25) is 23.3 Å². The lowest BCUT2D eigenvalue weighted by Gasteiger charge is -2.28. The first-order valence-corrected chi connectivity index (χ1v) is 9.01. The topological polar surface area (TPSA) is 104 Å². The van der Waals surface area contributed by atoms with E-state index in [1.165, 1.54) is 9.58 Å². The van der Waals surface area contributed by atoms with Crippen molar-refractivity contribution in [2.45, 2.75) is 40.3 Å². The van der Waals surface area contributed by atoms with Crippen molar-refractivity contribution in [3.05, 3.63) is 33.0 Å². The minimum atomic E-state index is -0.474. The lowest BCUT2D eigenvalue weighted by Crippen LogP contribution is -2.40. The Bertz CT molecular complexity index is 1120. The molecule has 0 saturated carbocycles. The van der Waals surface area contributed by atoms with Crippen LogP contribution in [0.1, 0.15) is 33.7 Å². The van der Waals surface area contributed by atoms with Crippen LogP contribution in [0, 0.1) is 0 Å². The second kappa shape index (κ2) is 7.10. The zero-order valence-corrected chi connectivity index (χ0v) is 16.7. The number of nitrogens with zero attached hydrogens (tertiary/aromatic N) is 6. The predicted molar refractivity (Wildman–Crippen MR) is 106 cm³/mol. The molecule has 1 unspecified atom stereocenters. The third-order valence-electron chi connectivity index (χ3n) is 4.67. The number of ether oxygens (including phenoxy) is 1. The molecular weight excluding hydrogens is 364 g/mol. The molecule has 28 heavy (non-hydrogen) atoms. The van der Waals surface area contributed by atoms with Gasteiger partial charge in [-0.1, -0.05) is 12.2 Å². The summed E-state index contributed by atoms with van der Waals surface area (Å²) in [6.45, 7) is 11.2. The Labute approximate surface area is 161 Å². The fourth-order valence-corrected chi connectivity index (χ4v) is 3.23. The van der Waals surface area contributed by atoms with Crippen LogP contribution in [0.3, 0.4) is 0 Å². The molecule has 3 rings (SSSR count). The van der Waals surface area contributed by atoms with E-state index in [4.69, 9.17) is 4.74 Å². The second-order valence-corrected chi connectivity index (χ2v) is 6.92. The number of aryl methyl sites for hydroxylation is 1. The summed E-state index contributed by atoms with van der Waals surface area (Å²) in [5.74, 6) is -0.137. The van der Waals surface area contributed by atoms with Crippen molar-refractivity contribution < 1.29 is 9.53 Å². The molecule has 0 saturated heterocycles. The molecule has 2 aromatic heterocycles. The molecule has 150 valence electrons. The van der Waals surface area contributed by atoms with E-state index in [9.17, 15) is 14.4 Å². The summed E-state index contributed by atoms with van der Waals surface area (Å²) in [5, 5.41) is 5.83. The molecule has 1 aliphatic heterocycles. The van der Waals surface area contributed by atoms with Gasteiger partial charge in [0.2, 0.25) is 5.95 Å². The average Bonchev–Trinajstić information content (AvgIpc) is 3.02. The van der Waals surface area contributed by atoms with Crippen LogP contribution in [0.5, 0.6) is 0 Å². The molecule has 0 aliphatic carbocycles. The minimum absolute atomic E-state index is 0.121. The fourth-order valence-electron chi connectivity index (χ4n) is 3.23. The molecule has 2 aromatic rings. The van der Waals surface area contributed by atoms with E-state index in [2.05, 4.69) is 16.7 Å². The Morgan fingerprint density at radius 2 is 1.96 bits per heavy atom. The van der Waals surface area contributed by atoms with Gasteiger partial charge in [0, 0.05) is 7.05 Å². The molecule has 0 amide bonds. The molecule has 0 radical (unpaired) electrons. The van der Waals surface area contributed by atoms with Crippen molar-refractivity contribution in [3.63, 3.8) is 0 Å². The van der Waals surface area contributed by atoms with Crippen LogP contribution in [-0.4, -0.2) is 43.5 Å². The summed E-state index contributed by atoms with van der Waals surface area (Å²) in [6.07, 6.45) is 0. The third-order valence-corrected chi connectivity index (χ3v) is 4.67. The third kappa shape index (κ3) is 3.04. The lowest BCUT2D eigenvalue weighted by molar-refractivity contribution is -0.141. The highest BCUT2D eigenvalue weighted by atomic mass is 16.5. The van der Waals surface area contributed by atoms with Crippen LogP contribution in [-0.2, 0) is 23.1 Å². The summed E-state index contributed by atoms with van der Waals surface area (Å²) in [5.41, 5.74) is 1.00. The average molecular weight is 388 g/mol. The van der Waals surface area contributed by atoms with Gasteiger partial charge in [-0.15, -0.1) is 0 Å². The van der Waals surface area contributed by atoms with E-state index in [1.807, 2.05) is 13.8 Å². The summed E-state index contributed by atoms with van der Waals surface area (Å²) in [6, 6.07) is -0.262. The largest absolute Gasteiger partial charge is 0.465 e. The molecule has 0 bridgehead atoms. The van der Waals surface area contributed by atoms with E-state index in [0.717, 1.165) is 4.57 Å². The van der Waals surface area contributed by atoms with Crippen molar-refractivity contribution in [2.24, 2.45) is 12.1 Å². The molecule has 0 spiro atoms. The summed E-state index contributed by atoms with van der Waals surface area (Å²) in [7, 11) is 1.56. The Kier molecular flexibility index (Phi) is 4.97. The number of hydrazone groups is 1. The van der Waals surface area contributed by atoms with Crippen LogP contribution >= 0.6 is 0 Å². The van der Waals surface area contributed by atoms with Gasteiger partial charge in [0.15, 0.2) is 11.2 Å². The molecule has 0 fully saturated rings. The minimum Gasteiger partial charge on any atom is -0.465 e. The van der Waals surface area contributed by atoms with Crippen LogP contribution in [0.15, 0.2) is 26.8 Å². The number of anilines is 1. The zero-order valence-electron chi connectivity index (χ0n) is 16.7. The van der Waals surface area contributed by atoms with Crippen LogP contribution < -0.4 is 16.3 Å². The standard InChI is InChI=1S/C18H24N6O4/c1-7-28-13(25)9-23-17-19-15-14(24(17)12(5)11(4)20-23)16(26)22(8-10(2)3)18(27)21(15)6/h12H,2,7-9H2,1,3-6H3. The smallest absolute Gasteiger partial charge is 0.332 e. The number of aromatic nitrogens is 4. The van der Waals surface area contributed by atoms with Crippen LogP contribution in [0.25, 0.3) is 11.2 Å². The highest BCUT2D eigenvalue weighted by Gasteiger charge is 2.31. The van der Waals surface area contributed by atoms with E-state index >= 15 is 0 Å². The van der Waals surface area contributed by atoms with Gasteiger partial charge in [-0.25, -0.2) is 9.80 Å². The normalized spacial score (nSPS) is 16.1. The fraction of sp³-hybridized carbons (Fsp3) is 0.500. The highest BCUT2D eigenvalue weighted by molar-refractivity contribution is 5.92. The van der Waals surface area contributed by atoms with E-state index < -0.39 is 17.2 Å². The number of allylic oxidation sites excluding steroid dienone is 1. The maximum absolute atomic E-state index is 13.2. The van der Waals surface area contributed by atoms with Gasteiger partial charge in [0.25, 0.3) is 5.56 Å². The Morgan fingerprint density at radius 1 is 1.29 bits per heavy atom. The first-order chi connectivity index (χ1) is 13.2. The quantitative estimate of drug-likeness (QED) is 0.554. The first-order valence-electron chi connectivity index (χ1n) is 9.01. The van der Waals surface area contributed by atoms with Gasteiger partial charge in [-0.2, -0.15) is 10.1 Å². The van der Waals surface area contributed by atoms with Gasteiger partial charge < -0.3 is 4.74 Å². The molecule has 1 aliphatic rings. The van der Waals surface area contributed by atoms with E-state index in [-0.39, 0.29) is 36.9 Å². The highest BCUT2D eigenvalue weighted by Crippen LogP contribution is 2.29. The first kappa shape index (κ1) is 19.6. The number of esters is 1. The predicted octanol–water partition coefficient (Wildman–Crippen LogP) is 0.793. The van der Waals surface area contributed by atoms with Gasteiger partial charge in [0.1, 0.15) is 6.54 Å². The Balaban J connectivity index is 2.29. The van der Waals surface area contributed by atoms with Crippen molar-refractivity contribution in [2.75, 3.05) is 18.2 Å². The Hall–Kier alpha value is -3.17. The van der Waals surface area contributed by atoms with Gasteiger partial charge in [-0.05, 0) is 27.7 Å². The number of rotatable bonds is 5. The molecule has 1 atom stereocenters. The zero-order chi connectivity index (χ0) is 20.7. The molecular formula is C18H24N6O4. The maximum atomic E-state index is 13.2. The molecule has 3 heterocycles. The van der Waals surface area contributed by atoms with E-state index in [0.29, 0.717) is 17.2 Å². The monoisotopic (exact) mass is 388 g/mol. The molecule has 0 N–H and O–H groups in total. The number of hydrogen-bond donors (Lipinski definition) is 0. The van der Waals surface area contributed by atoms with Crippen LogP contribution in [0.4, 0.5) is 5.95 Å². The lowest BCUT2D eigenvalue weighted by atomic mass is 10.2. The van der Waals surface area contributed by atoms with Gasteiger partial charge in [0.05, 0.1) is 24.9 Å². The van der Waals surface area contributed by atoms with E-state index in [1.54, 1.807) is 25.5 Å². The van der Waals surface area contributed by atoms with Crippen molar-refractivity contribution in [3.8, 4) is 0 Å². The van der Waals surface area contributed by atoms with Crippen molar-refractivity contribution >= 4 is 28.8 Å². The summed E-state index contributed by atoms with van der Waals surface area (Å²) >= 11 is 0. The molecule has 0 aromatic carbocycles. The number of carbonyl (C=O) groups excluding carboxylic acids is 1. The molecule has 10 heteroatoms. The van der Waals surface area contributed by atoms with Gasteiger partial charge >= 0.3 is 11.7 Å². The number of fused-ring (bicyclic) bond motifs is 3. The second-order valence-electron chi connectivity index (χ2n) is 6.92. The molecule has 10 nitrogen and oxygen atoms in total. The SMILES string of the molecule is C=C(C)Cn1c(=O)c2c(nc3n2C(C)C(C)=NN3CC(=O)OCC)n(C)c1=O. The van der Waals surface area contributed by atoms with Crippen LogP contribution in [0.2, 0.25) is 0 Å². The number of carbonyl (C=O) groups is 1. The summed E-state index contributed by atoms with van der Waals surface area (Å²) in [4.78, 5) is 42.3.